The minimum absolute atomic E-state index is 0.693. The van der Waals surface area contributed by atoms with Crippen molar-refractivity contribution in [3.63, 3.8) is 0 Å². The molecule has 0 aliphatic carbocycles. The molecule has 0 saturated carbocycles. The first-order chi connectivity index (χ1) is 9.15. The molecule has 0 spiro atoms. The van der Waals surface area contributed by atoms with E-state index in [0.717, 1.165) is 13.1 Å². The third kappa shape index (κ3) is 4.68. The van der Waals surface area contributed by atoms with E-state index in [2.05, 4.69) is 61.8 Å². The summed E-state index contributed by atoms with van der Waals surface area (Å²) in [7, 11) is 0. The summed E-state index contributed by atoms with van der Waals surface area (Å²) in [6.45, 7) is 8.66. The Bertz CT molecular complexity index is 503. The van der Waals surface area contributed by atoms with Crippen LogP contribution in [0.25, 0.3) is 0 Å². The lowest BCUT2D eigenvalue weighted by Crippen LogP contribution is -2.19. The molecule has 0 aliphatic rings. The SMILES string of the molecule is Cc1ccc(Sc2cccs2)c(CNCC(C)C)c1. The van der Waals surface area contributed by atoms with Crippen LogP contribution < -0.4 is 5.32 Å². The zero-order chi connectivity index (χ0) is 13.7. The standard InChI is InChI=1S/C16H21NS2/c1-12(2)10-17-11-14-9-13(3)6-7-15(14)19-16-5-4-8-18-16/h4-9,12,17H,10-11H2,1-3H3. The lowest BCUT2D eigenvalue weighted by atomic mass is 10.1. The molecule has 3 heteroatoms. The second-order valence-corrected chi connectivity index (χ2v) is 7.46. The molecule has 1 nitrogen and oxygen atoms in total. The fourth-order valence-electron chi connectivity index (χ4n) is 1.87. The number of rotatable bonds is 6. The number of thiophene rings is 1. The number of nitrogens with one attached hydrogen (secondary N) is 1. The molecule has 0 bridgehead atoms. The molecular weight excluding hydrogens is 270 g/mol. The summed E-state index contributed by atoms with van der Waals surface area (Å²) >= 11 is 3.67. The normalized spacial score (nSPS) is 11.2. The van der Waals surface area contributed by atoms with Crippen LogP contribution in [0.5, 0.6) is 0 Å². The van der Waals surface area contributed by atoms with E-state index in [1.54, 1.807) is 11.3 Å². The smallest absolute Gasteiger partial charge is 0.0646 e. The fourth-order valence-corrected chi connectivity index (χ4v) is 3.71. The molecule has 2 rings (SSSR count). The lowest BCUT2D eigenvalue weighted by Gasteiger charge is -2.12. The zero-order valence-electron chi connectivity index (χ0n) is 11.8. The molecule has 2 aromatic rings. The van der Waals surface area contributed by atoms with Gasteiger partial charge in [-0.15, -0.1) is 11.3 Å². The van der Waals surface area contributed by atoms with E-state index in [4.69, 9.17) is 0 Å². The Balaban J connectivity index is 2.08. The van der Waals surface area contributed by atoms with E-state index < -0.39 is 0 Å². The van der Waals surface area contributed by atoms with Crippen molar-refractivity contribution < 1.29 is 0 Å². The van der Waals surface area contributed by atoms with Gasteiger partial charge in [0.05, 0.1) is 4.21 Å². The average Bonchev–Trinajstić information content (AvgIpc) is 2.85. The molecule has 0 atom stereocenters. The van der Waals surface area contributed by atoms with Gasteiger partial charge in [-0.3, -0.25) is 0 Å². The lowest BCUT2D eigenvalue weighted by molar-refractivity contribution is 0.550. The van der Waals surface area contributed by atoms with Gasteiger partial charge in [0.25, 0.3) is 0 Å². The predicted molar refractivity (Wildman–Crippen MR) is 86.2 cm³/mol. The van der Waals surface area contributed by atoms with Gasteiger partial charge < -0.3 is 5.32 Å². The number of benzene rings is 1. The van der Waals surface area contributed by atoms with Gasteiger partial charge in [-0.05, 0) is 42.5 Å². The molecule has 102 valence electrons. The van der Waals surface area contributed by atoms with Gasteiger partial charge in [-0.25, -0.2) is 0 Å². The summed E-state index contributed by atoms with van der Waals surface area (Å²) in [4.78, 5) is 1.37. The highest BCUT2D eigenvalue weighted by Gasteiger charge is 2.06. The molecule has 0 amide bonds. The van der Waals surface area contributed by atoms with E-state index in [9.17, 15) is 0 Å². The number of aryl methyl sites for hydroxylation is 1. The maximum atomic E-state index is 3.54. The summed E-state index contributed by atoms with van der Waals surface area (Å²) in [5, 5.41) is 5.67. The summed E-state index contributed by atoms with van der Waals surface area (Å²) in [6.07, 6.45) is 0. The Labute approximate surface area is 124 Å². The Morgan fingerprint density at radius 1 is 1.26 bits per heavy atom. The first-order valence-electron chi connectivity index (χ1n) is 6.67. The highest BCUT2D eigenvalue weighted by atomic mass is 32.2. The highest BCUT2D eigenvalue weighted by Crippen LogP contribution is 2.33. The summed E-state index contributed by atoms with van der Waals surface area (Å²) in [5.41, 5.74) is 2.73. The van der Waals surface area contributed by atoms with E-state index in [1.807, 2.05) is 11.8 Å². The highest BCUT2D eigenvalue weighted by molar-refractivity contribution is 8.01. The Kier molecular flexibility index (Phi) is 5.49. The summed E-state index contributed by atoms with van der Waals surface area (Å²) in [6, 6.07) is 11.0. The van der Waals surface area contributed by atoms with E-state index in [0.29, 0.717) is 5.92 Å². The third-order valence-corrected chi connectivity index (χ3v) is 4.95. The van der Waals surface area contributed by atoms with Crippen LogP contribution in [-0.4, -0.2) is 6.54 Å². The van der Waals surface area contributed by atoms with Crippen molar-refractivity contribution in [3.8, 4) is 0 Å². The second kappa shape index (κ2) is 7.13. The monoisotopic (exact) mass is 291 g/mol. The summed E-state index contributed by atoms with van der Waals surface area (Å²) < 4.78 is 1.36. The van der Waals surface area contributed by atoms with Crippen molar-refractivity contribution in [1.82, 2.24) is 5.32 Å². The van der Waals surface area contributed by atoms with E-state index >= 15 is 0 Å². The fraction of sp³-hybridized carbons (Fsp3) is 0.375. The van der Waals surface area contributed by atoms with Crippen LogP contribution >= 0.6 is 23.1 Å². The maximum Gasteiger partial charge on any atom is 0.0646 e. The van der Waals surface area contributed by atoms with Crippen LogP contribution in [0.4, 0.5) is 0 Å². The van der Waals surface area contributed by atoms with Crippen LogP contribution in [0.1, 0.15) is 25.0 Å². The molecule has 1 aromatic heterocycles. The average molecular weight is 291 g/mol. The van der Waals surface area contributed by atoms with Crippen molar-refractivity contribution in [2.75, 3.05) is 6.54 Å². The Hall–Kier alpha value is -0.770. The predicted octanol–water partition coefficient (Wildman–Crippen LogP) is 4.95. The van der Waals surface area contributed by atoms with Crippen molar-refractivity contribution in [3.05, 3.63) is 46.8 Å². The minimum atomic E-state index is 0.693. The molecule has 0 radical (unpaired) electrons. The Morgan fingerprint density at radius 2 is 2.11 bits per heavy atom. The number of hydrogen-bond acceptors (Lipinski definition) is 3. The first-order valence-corrected chi connectivity index (χ1v) is 8.36. The quantitative estimate of drug-likeness (QED) is 0.808. The molecule has 0 fully saturated rings. The van der Waals surface area contributed by atoms with Crippen LogP contribution in [0.2, 0.25) is 0 Å². The van der Waals surface area contributed by atoms with E-state index in [-0.39, 0.29) is 0 Å². The van der Waals surface area contributed by atoms with Crippen molar-refractivity contribution >= 4 is 23.1 Å². The van der Waals surface area contributed by atoms with Gasteiger partial charge in [0.1, 0.15) is 0 Å². The van der Waals surface area contributed by atoms with Gasteiger partial charge >= 0.3 is 0 Å². The molecule has 1 heterocycles. The Morgan fingerprint density at radius 3 is 2.79 bits per heavy atom. The van der Waals surface area contributed by atoms with Crippen LogP contribution in [0.3, 0.4) is 0 Å². The summed E-state index contributed by atoms with van der Waals surface area (Å²) in [5.74, 6) is 0.693. The van der Waals surface area contributed by atoms with Gasteiger partial charge in [-0.1, -0.05) is 49.4 Å². The largest absolute Gasteiger partial charge is 0.312 e. The van der Waals surface area contributed by atoms with Crippen LogP contribution in [-0.2, 0) is 6.54 Å². The second-order valence-electron chi connectivity index (χ2n) is 5.17. The van der Waals surface area contributed by atoms with Crippen LogP contribution in [0, 0.1) is 12.8 Å². The molecule has 1 N–H and O–H groups in total. The van der Waals surface area contributed by atoms with Gasteiger partial charge in [0, 0.05) is 11.4 Å². The molecular formula is C16H21NS2. The molecule has 0 aliphatic heterocycles. The third-order valence-electron chi connectivity index (χ3n) is 2.79. The molecule has 0 saturated heterocycles. The zero-order valence-corrected chi connectivity index (χ0v) is 13.4. The van der Waals surface area contributed by atoms with Gasteiger partial charge in [0.15, 0.2) is 0 Å². The van der Waals surface area contributed by atoms with Crippen molar-refractivity contribution in [2.24, 2.45) is 5.92 Å². The molecule has 1 aromatic carbocycles. The minimum Gasteiger partial charge on any atom is -0.312 e. The van der Waals surface area contributed by atoms with Crippen LogP contribution in [0.15, 0.2) is 44.8 Å². The molecule has 0 unspecified atom stereocenters. The number of hydrogen-bond donors (Lipinski definition) is 1. The van der Waals surface area contributed by atoms with Gasteiger partial charge in [-0.2, -0.15) is 0 Å². The van der Waals surface area contributed by atoms with Gasteiger partial charge in [0.2, 0.25) is 0 Å². The van der Waals surface area contributed by atoms with Crippen molar-refractivity contribution in [1.29, 1.82) is 0 Å². The first kappa shape index (κ1) is 14.6. The van der Waals surface area contributed by atoms with E-state index in [1.165, 1.54) is 20.2 Å². The van der Waals surface area contributed by atoms with Crippen molar-refractivity contribution in [2.45, 2.75) is 36.4 Å². The maximum absolute atomic E-state index is 3.54. The topological polar surface area (TPSA) is 12.0 Å². The molecule has 19 heavy (non-hydrogen) atoms.